The second-order valence-corrected chi connectivity index (χ2v) is 6.31. The predicted molar refractivity (Wildman–Crippen MR) is 80.8 cm³/mol. The van der Waals surface area contributed by atoms with E-state index in [0.29, 0.717) is 13.1 Å². The Morgan fingerprint density at radius 1 is 1.45 bits per heavy atom. The Balaban J connectivity index is 1.83. The van der Waals surface area contributed by atoms with Crippen molar-refractivity contribution < 1.29 is 9.59 Å². The van der Waals surface area contributed by atoms with Gasteiger partial charge in [0.2, 0.25) is 5.91 Å². The average molecular weight is 294 g/mol. The van der Waals surface area contributed by atoms with Crippen LogP contribution in [0.5, 0.6) is 0 Å². The van der Waals surface area contributed by atoms with E-state index in [0.717, 1.165) is 24.1 Å². The Morgan fingerprint density at radius 2 is 2.15 bits per heavy atom. The largest absolute Gasteiger partial charge is 0.353 e. The molecule has 0 bridgehead atoms. The molecule has 1 aromatic heterocycles. The fraction of sp³-hybridized carbons (Fsp3) is 0.600. The number of carbonyl (C=O) groups is 2. The molecule has 1 aromatic rings. The third-order valence-electron chi connectivity index (χ3n) is 3.89. The van der Waals surface area contributed by atoms with E-state index in [9.17, 15) is 9.59 Å². The molecule has 20 heavy (non-hydrogen) atoms. The highest BCUT2D eigenvalue weighted by molar-refractivity contribution is 7.12. The van der Waals surface area contributed by atoms with Gasteiger partial charge >= 0.3 is 0 Å². The van der Waals surface area contributed by atoms with E-state index < -0.39 is 0 Å². The number of piperidine rings is 1. The number of rotatable bonds is 4. The molecular formula is C15H22N2O2S. The van der Waals surface area contributed by atoms with Crippen LogP contribution in [0.15, 0.2) is 17.5 Å². The molecule has 110 valence electrons. The number of nitrogens with zero attached hydrogens (tertiary/aromatic N) is 1. The molecule has 0 spiro atoms. The van der Waals surface area contributed by atoms with E-state index in [1.54, 1.807) is 0 Å². The highest BCUT2D eigenvalue weighted by Crippen LogP contribution is 2.21. The molecule has 0 radical (unpaired) electrons. The summed E-state index contributed by atoms with van der Waals surface area (Å²) in [6.45, 7) is 5.44. The third-order valence-corrected chi connectivity index (χ3v) is 4.74. The standard InChI is InChI=1S/C15H22N2O2S/c1-3-11(2)16-14(18)12-6-8-17(9-7-12)15(19)13-5-4-10-20-13/h4-5,10-12H,3,6-9H2,1-2H3,(H,16,18)/t11-/m0/s1. The first-order valence-electron chi connectivity index (χ1n) is 7.25. The number of likely N-dealkylation sites (tertiary alicyclic amines) is 1. The van der Waals surface area contributed by atoms with Gasteiger partial charge in [-0.1, -0.05) is 13.0 Å². The Labute approximate surface area is 124 Å². The quantitative estimate of drug-likeness (QED) is 0.927. The van der Waals surface area contributed by atoms with Gasteiger partial charge in [-0.05, 0) is 37.6 Å². The minimum Gasteiger partial charge on any atom is -0.353 e. The van der Waals surface area contributed by atoms with E-state index in [1.807, 2.05) is 29.3 Å². The van der Waals surface area contributed by atoms with Crippen molar-refractivity contribution in [1.29, 1.82) is 0 Å². The minimum atomic E-state index is 0.0522. The lowest BCUT2D eigenvalue weighted by molar-refractivity contribution is -0.126. The molecule has 2 amide bonds. The maximum atomic E-state index is 12.2. The summed E-state index contributed by atoms with van der Waals surface area (Å²) in [5.74, 6) is 0.291. The van der Waals surface area contributed by atoms with Crippen molar-refractivity contribution in [2.45, 2.75) is 39.2 Å². The summed E-state index contributed by atoms with van der Waals surface area (Å²) in [6.07, 6.45) is 2.47. The molecule has 4 nitrogen and oxygen atoms in total. The molecule has 1 aliphatic heterocycles. The lowest BCUT2D eigenvalue weighted by Gasteiger charge is -2.31. The van der Waals surface area contributed by atoms with Crippen LogP contribution in [0.25, 0.3) is 0 Å². The molecule has 0 aliphatic carbocycles. The molecule has 1 atom stereocenters. The first kappa shape index (κ1) is 15.0. The number of amides is 2. The first-order chi connectivity index (χ1) is 9.61. The molecular weight excluding hydrogens is 272 g/mol. The Hall–Kier alpha value is -1.36. The monoisotopic (exact) mass is 294 g/mol. The maximum absolute atomic E-state index is 12.2. The van der Waals surface area contributed by atoms with Gasteiger partial charge in [0, 0.05) is 25.0 Å². The normalized spacial score (nSPS) is 17.8. The molecule has 2 rings (SSSR count). The second-order valence-electron chi connectivity index (χ2n) is 5.36. The van der Waals surface area contributed by atoms with Crippen molar-refractivity contribution in [3.05, 3.63) is 22.4 Å². The average Bonchev–Trinajstić information content (AvgIpc) is 3.00. The van der Waals surface area contributed by atoms with Crippen molar-refractivity contribution in [3.63, 3.8) is 0 Å². The van der Waals surface area contributed by atoms with Crippen LogP contribution in [0.2, 0.25) is 0 Å². The maximum Gasteiger partial charge on any atom is 0.263 e. The van der Waals surface area contributed by atoms with E-state index >= 15 is 0 Å². The predicted octanol–water partition coefficient (Wildman–Crippen LogP) is 2.52. The highest BCUT2D eigenvalue weighted by atomic mass is 32.1. The summed E-state index contributed by atoms with van der Waals surface area (Å²) in [6, 6.07) is 3.98. The Bertz CT molecular complexity index is 450. The van der Waals surface area contributed by atoms with Gasteiger partial charge in [-0.2, -0.15) is 0 Å². The van der Waals surface area contributed by atoms with Gasteiger partial charge in [0.15, 0.2) is 0 Å². The smallest absolute Gasteiger partial charge is 0.263 e. The lowest BCUT2D eigenvalue weighted by Crippen LogP contribution is -2.44. The molecule has 1 saturated heterocycles. The van der Waals surface area contributed by atoms with Crippen molar-refractivity contribution >= 4 is 23.2 Å². The van der Waals surface area contributed by atoms with Gasteiger partial charge in [-0.3, -0.25) is 9.59 Å². The molecule has 0 unspecified atom stereocenters. The summed E-state index contributed by atoms with van der Waals surface area (Å²) in [7, 11) is 0. The van der Waals surface area contributed by atoms with Gasteiger partial charge in [-0.15, -0.1) is 11.3 Å². The summed E-state index contributed by atoms with van der Waals surface area (Å²) < 4.78 is 0. The molecule has 1 N–H and O–H groups in total. The zero-order chi connectivity index (χ0) is 14.5. The number of hydrogen-bond acceptors (Lipinski definition) is 3. The Morgan fingerprint density at radius 3 is 2.70 bits per heavy atom. The van der Waals surface area contributed by atoms with Crippen LogP contribution in [0, 0.1) is 5.92 Å². The van der Waals surface area contributed by atoms with Crippen molar-refractivity contribution in [1.82, 2.24) is 10.2 Å². The van der Waals surface area contributed by atoms with Crippen LogP contribution in [0.3, 0.4) is 0 Å². The van der Waals surface area contributed by atoms with E-state index in [-0.39, 0.29) is 23.8 Å². The zero-order valence-corrected chi connectivity index (χ0v) is 12.9. The molecule has 1 aliphatic rings. The lowest BCUT2D eigenvalue weighted by atomic mass is 9.95. The van der Waals surface area contributed by atoms with E-state index in [1.165, 1.54) is 11.3 Å². The summed E-state index contributed by atoms with van der Waals surface area (Å²) in [5, 5.41) is 4.95. The first-order valence-corrected chi connectivity index (χ1v) is 8.13. The highest BCUT2D eigenvalue weighted by Gasteiger charge is 2.28. The van der Waals surface area contributed by atoms with E-state index in [2.05, 4.69) is 12.2 Å². The molecule has 5 heteroatoms. The van der Waals surface area contributed by atoms with Crippen LogP contribution >= 0.6 is 11.3 Å². The molecule has 0 saturated carbocycles. The van der Waals surface area contributed by atoms with Gasteiger partial charge in [0.05, 0.1) is 4.88 Å². The zero-order valence-electron chi connectivity index (χ0n) is 12.1. The van der Waals surface area contributed by atoms with Gasteiger partial charge < -0.3 is 10.2 Å². The van der Waals surface area contributed by atoms with Crippen molar-refractivity contribution in [3.8, 4) is 0 Å². The topological polar surface area (TPSA) is 49.4 Å². The second kappa shape index (κ2) is 6.88. The van der Waals surface area contributed by atoms with Gasteiger partial charge in [0.25, 0.3) is 5.91 Å². The van der Waals surface area contributed by atoms with Crippen molar-refractivity contribution in [2.75, 3.05) is 13.1 Å². The van der Waals surface area contributed by atoms with Crippen LogP contribution in [0.4, 0.5) is 0 Å². The van der Waals surface area contributed by atoms with Gasteiger partial charge in [0.1, 0.15) is 0 Å². The minimum absolute atomic E-state index is 0.0522. The molecule has 2 heterocycles. The van der Waals surface area contributed by atoms with Gasteiger partial charge in [-0.25, -0.2) is 0 Å². The van der Waals surface area contributed by atoms with Crippen LogP contribution < -0.4 is 5.32 Å². The summed E-state index contributed by atoms with van der Waals surface area (Å²) >= 11 is 1.47. The van der Waals surface area contributed by atoms with Crippen LogP contribution in [-0.4, -0.2) is 35.8 Å². The van der Waals surface area contributed by atoms with Crippen molar-refractivity contribution in [2.24, 2.45) is 5.92 Å². The third kappa shape index (κ3) is 3.60. The summed E-state index contributed by atoms with van der Waals surface area (Å²) in [5.41, 5.74) is 0. The fourth-order valence-electron chi connectivity index (χ4n) is 2.36. The van der Waals surface area contributed by atoms with E-state index in [4.69, 9.17) is 0 Å². The van der Waals surface area contributed by atoms with Crippen LogP contribution in [0.1, 0.15) is 42.8 Å². The Kier molecular flexibility index (Phi) is 5.17. The number of thiophene rings is 1. The summed E-state index contributed by atoms with van der Waals surface area (Å²) in [4.78, 5) is 26.9. The fourth-order valence-corrected chi connectivity index (χ4v) is 3.05. The molecule has 0 aromatic carbocycles. The molecule has 1 fully saturated rings. The van der Waals surface area contributed by atoms with Crippen LogP contribution in [-0.2, 0) is 4.79 Å². The number of nitrogens with one attached hydrogen (secondary N) is 1. The number of hydrogen-bond donors (Lipinski definition) is 1. The SMILES string of the molecule is CC[C@H](C)NC(=O)C1CCN(C(=O)c2cccs2)CC1. The number of carbonyl (C=O) groups excluding carboxylic acids is 2.